The first-order valence-corrected chi connectivity index (χ1v) is 10.6. The van der Waals surface area contributed by atoms with Gasteiger partial charge in [0.25, 0.3) is 5.91 Å². The molecule has 0 aliphatic rings. The molecule has 1 rings (SSSR count). The first kappa shape index (κ1) is 23.2. The zero-order chi connectivity index (χ0) is 19.9. The highest BCUT2D eigenvalue weighted by molar-refractivity contribution is 5.91. The number of hydrogen-bond acceptors (Lipinski definition) is 4. The fourth-order valence-corrected chi connectivity index (χ4v) is 2.85. The Kier molecular flexibility index (Phi) is 12.2. The molecule has 0 atom stereocenters. The molecule has 0 saturated heterocycles. The van der Waals surface area contributed by atoms with Crippen LogP contribution >= 0.6 is 0 Å². The number of nitrogens with zero attached hydrogens (tertiary/aromatic N) is 2. The van der Waals surface area contributed by atoms with Crippen molar-refractivity contribution in [2.45, 2.75) is 91.5 Å². The second kappa shape index (κ2) is 14.2. The number of amides is 2. The minimum atomic E-state index is -0.215. The van der Waals surface area contributed by atoms with Crippen molar-refractivity contribution in [1.82, 2.24) is 15.2 Å². The summed E-state index contributed by atoms with van der Waals surface area (Å²) in [7, 11) is 0. The largest absolute Gasteiger partial charge is 0.446 e. The Morgan fingerprint density at radius 3 is 2.37 bits per heavy atom. The first-order valence-electron chi connectivity index (χ1n) is 10.6. The molecule has 0 saturated carbocycles. The number of hydrogen-bond donors (Lipinski definition) is 1. The van der Waals surface area contributed by atoms with E-state index in [1.165, 1.54) is 6.26 Å². The Labute approximate surface area is 164 Å². The molecule has 2 amide bonds. The summed E-state index contributed by atoms with van der Waals surface area (Å²) >= 11 is 0. The normalized spacial score (nSPS) is 10.8. The van der Waals surface area contributed by atoms with E-state index in [2.05, 4.69) is 31.1 Å². The van der Waals surface area contributed by atoms with E-state index in [1.807, 2.05) is 4.90 Å². The molecule has 0 bridgehead atoms. The van der Waals surface area contributed by atoms with Gasteiger partial charge in [-0.1, -0.05) is 59.3 Å². The van der Waals surface area contributed by atoms with Gasteiger partial charge in [-0.3, -0.25) is 9.59 Å². The van der Waals surface area contributed by atoms with Gasteiger partial charge < -0.3 is 14.6 Å². The van der Waals surface area contributed by atoms with Gasteiger partial charge in [-0.25, -0.2) is 4.98 Å². The van der Waals surface area contributed by atoms with Gasteiger partial charge in [0.15, 0.2) is 5.69 Å². The molecular formula is C21H37N3O3. The van der Waals surface area contributed by atoms with Crippen molar-refractivity contribution in [3.05, 3.63) is 17.8 Å². The fraction of sp³-hybridized carbons (Fsp3) is 0.762. The Morgan fingerprint density at radius 1 is 1.00 bits per heavy atom. The third kappa shape index (κ3) is 9.59. The molecule has 27 heavy (non-hydrogen) atoms. The molecule has 0 aliphatic carbocycles. The topological polar surface area (TPSA) is 75.4 Å². The molecule has 1 aromatic rings. The molecule has 1 heterocycles. The Balaban J connectivity index is 2.59. The standard InChI is InChI=1S/C21H37N3O3/c1-4-7-10-13-20(25)24(15-12-9-6-3)16-19-23-18(17-27-19)21(26)22-14-11-8-5-2/h17H,4-16H2,1-3H3,(H,22,26). The van der Waals surface area contributed by atoms with Crippen LogP contribution in [0.25, 0.3) is 0 Å². The summed E-state index contributed by atoms with van der Waals surface area (Å²) in [5.41, 5.74) is 0.286. The van der Waals surface area contributed by atoms with Crippen LogP contribution in [-0.2, 0) is 11.3 Å². The van der Waals surface area contributed by atoms with Crippen molar-refractivity contribution in [2.75, 3.05) is 13.1 Å². The maximum absolute atomic E-state index is 12.5. The molecule has 0 spiro atoms. The van der Waals surface area contributed by atoms with E-state index in [9.17, 15) is 9.59 Å². The van der Waals surface area contributed by atoms with E-state index in [0.717, 1.165) is 57.8 Å². The number of nitrogens with one attached hydrogen (secondary N) is 1. The Bertz CT molecular complexity index is 543. The van der Waals surface area contributed by atoms with Gasteiger partial charge in [0.05, 0.1) is 6.54 Å². The van der Waals surface area contributed by atoms with Crippen LogP contribution in [0.3, 0.4) is 0 Å². The van der Waals surface area contributed by atoms with E-state index in [0.29, 0.717) is 31.9 Å². The van der Waals surface area contributed by atoms with Crippen LogP contribution in [0.5, 0.6) is 0 Å². The predicted octanol–water partition coefficient (Wildman–Crippen LogP) is 4.69. The molecular weight excluding hydrogens is 342 g/mol. The van der Waals surface area contributed by atoms with Crippen LogP contribution in [0.2, 0.25) is 0 Å². The molecule has 154 valence electrons. The van der Waals surface area contributed by atoms with Gasteiger partial charge in [-0.15, -0.1) is 0 Å². The summed E-state index contributed by atoms with van der Waals surface area (Å²) < 4.78 is 5.46. The maximum Gasteiger partial charge on any atom is 0.273 e. The monoisotopic (exact) mass is 379 g/mol. The van der Waals surface area contributed by atoms with Crippen LogP contribution in [0.15, 0.2) is 10.7 Å². The van der Waals surface area contributed by atoms with E-state index in [4.69, 9.17) is 4.42 Å². The van der Waals surface area contributed by atoms with Gasteiger partial charge >= 0.3 is 0 Å². The molecule has 1 N–H and O–H groups in total. The molecule has 0 radical (unpaired) electrons. The van der Waals surface area contributed by atoms with Crippen molar-refractivity contribution < 1.29 is 14.0 Å². The smallest absolute Gasteiger partial charge is 0.273 e. The lowest BCUT2D eigenvalue weighted by atomic mass is 10.2. The third-order valence-corrected chi connectivity index (χ3v) is 4.55. The Morgan fingerprint density at radius 2 is 1.67 bits per heavy atom. The van der Waals surface area contributed by atoms with Gasteiger partial charge in [0.1, 0.15) is 6.26 Å². The highest BCUT2D eigenvalue weighted by Gasteiger charge is 2.18. The average Bonchev–Trinajstić information content (AvgIpc) is 3.13. The quantitative estimate of drug-likeness (QED) is 0.448. The summed E-state index contributed by atoms with van der Waals surface area (Å²) in [6.07, 6.45) is 11.4. The fourth-order valence-electron chi connectivity index (χ4n) is 2.85. The summed E-state index contributed by atoms with van der Waals surface area (Å²) in [5.74, 6) is 0.352. The predicted molar refractivity (Wildman–Crippen MR) is 107 cm³/mol. The molecule has 0 aromatic carbocycles. The molecule has 0 unspecified atom stereocenters. The minimum Gasteiger partial charge on any atom is -0.446 e. The van der Waals surface area contributed by atoms with Gasteiger partial charge in [0, 0.05) is 19.5 Å². The molecule has 0 aliphatic heterocycles. The Hall–Kier alpha value is -1.85. The van der Waals surface area contributed by atoms with E-state index < -0.39 is 0 Å². The van der Waals surface area contributed by atoms with Gasteiger partial charge in [-0.05, 0) is 19.3 Å². The summed E-state index contributed by atoms with van der Waals surface area (Å²) in [6, 6.07) is 0. The summed E-state index contributed by atoms with van der Waals surface area (Å²) in [5, 5.41) is 2.86. The van der Waals surface area contributed by atoms with Crippen LogP contribution in [0.4, 0.5) is 0 Å². The van der Waals surface area contributed by atoms with Crippen molar-refractivity contribution in [3.8, 4) is 0 Å². The lowest BCUT2D eigenvalue weighted by molar-refractivity contribution is -0.132. The SMILES string of the molecule is CCCCCNC(=O)c1coc(CN(CCCCC)C(=O)CCCCC)n1. The van der Waals surface area contributed by atoms with Crippen LogP contribution < -0.4 is 5.32 Å². The molecule has 0 fully saturated rings. The summed E-state index contributed by atoms with van der Waals surface area (Å²) in [6.45, 7) is 8.09. The van der Waals surface area contributed by atoms with E-state index >= 15 is 0 Å². The molecule has 1 aromatic heterocycles. The zero-order valence-electron chi connectivity index (χ0n) is 17.4. The lowest BCUT2D eigenvalue weighted by Crippen LogP contribution is -2.31. The number of aromatic nitrogens is 1. The van der Waals surface area contributed by atoms with Crippen molar-refractivity contribution in [3.63, 3.8) is 0 Å². The average molecular weight is 380 g/mol. The van der Waals surface area contributed by atoms with Crippen molar-refractivity contribution in [1.29, 1.82) is 0 Å². The highest BCUT2D eigenvalue weighted by Crippen LogP contribution is 2.11. The number of unbranched alkanes of at least 4 members (excludes halogenated alkanes) is 6. The second-order valence-electron chi connectivity index (χ2n) is 7.07. The lowest BCUT2D eigenvalue weighted by Gasteiger charge is -2.21. The van der Waals surface area contributed by atoms with E-state index in [-0.39, 0.29) is 17.5 Å². The van der Waals surface area contributed by atoms with Crippen LogP contribution in [0, 0.1) is 0 Å². The maximum atomic E-state index is 12.5. The number of carbonyl (C=O) groups is 2. The van der Waals surface area contributed by atoms with Crippen molar-refractivity contribution in [2.24, 2.45) is 0 Å². The third-order valence-electron chi connectivity index (χ3n) is 4.55. The minimum absolute atomic E-state index is 0.142. The number of oxazole rings is 1. The van der Waals surface area contributed by atoms with Gasteiger partial charge in [0.2, 0.25) is 11.8 Å². The van der Waals surface area contributed by atoms with Crippen LogP contribution in [0.1, 0.15) is 101 Å². The number of carbonyl (C=O) groups excluding carboxylic acids is 2. The van der Waals surface area contributed by atoms with Crippen molar-refractivity contribution >= 4 is 11.8 Å². The highest BCUT2D eigenvalue weighted by atomic mass is 16.3. The molecule has 6 nitrogen and oxygen atoms in total. The zero-order valence-corrected chi connectivity index (χ0v) is 17.4. The van der Waals surface area contributed by atoms with Gasteiger partial charge in [-0.2, -0.15) is 0 Å². The van der Waals surface area contributed by atoms with E-state index in [1.54, 1.807) is 0 Å². The molecule has 6 heteroatoms. The summed E-state index contributed by atoms with van der Waals surface area (Å²) in [4.78, 5) is 30.8. The number of rotatable bonds is 15. The second-order valence-corrected chi connectivity index (χ2v) is 7.07. The first-order chi connectivity index (χ1) is 13.1. The van der Waals surface area contributed by atoms with Crippen LogP contribution in [-0.4, -0.2) is 34.8 Å².